The molecule has 1 atom stereocenters. The number of fused-ring (bicyclic) bond motifs is 3. The average molecular weight is 810 g/mol. The molecule has 3 heterocycles. The van der Waals surface area contributed by atoms with Gasteiger partial charge >= 0.3 is 20.1 Å². The summed E-state index contributed by atoms with van der Waals surface area (Å²) in [6, 6.07) is 40.2. The molecule has 7 aromatic rings. The van der Waals surface area contributed by atoms with Crippen molar-refractivity contribution in [3.63, 3.8) is 0 Å². The van der Waals surface area contributed by atoms with Crippen molar-refractivity contribution in [2.24, 2.45) is 5.92 Å². The van der Waals surface area contributed by atoms with Crippen LogP contribution in [0.5, 0.6) is 0 Å². The molecule has 48 heavy (non-hydrogen) atoms. The predicted molar refractivity (Wildman–Crippen MR) is 192 cm³/mol. The number of benzene rings is 4. The Balaban J connectivity index is 0.000000182. The van der Waals surface area contributed by atoms with E-state index in [-0.39, 0.29) is 37.2 Å². The van der Waals surface area contributed by atoms with Crippen LogP contribution in [-0.2, 0) is 26.5 Å². The Bertz CT molecular complexity index is 2340. The summed E-state index contributed by atoms with van der Waals surface area (Å²) in [5.41, 5.74) is 6.73. The second kappa shape index (κ2) is 15.7. The van der Waals surface area contributed by atoms with E-state index in [1.54, 1.807) is 24.5 Å². The Labute approximate surface area is 306 Å². The molecule has 0 bridgehead atoms. The van der Waals surface area contributed by atoms with E-state index in [1.165, 1.54) is 6.20 Å². The van der Waals surface area contributed by atoms with E-state index in [1.807, 2.05) is 85.8 Å². The van der Waals surface area contributed by atoms with Gasteiger partial charge in [-0.05, 0) is 60.1 Å². The molecule has 8 rings (SSSR count). The zero-order valence-corrected chi connectivity index (χ0v) is 29.1. The summed E-state index contributed by atoms with van der Waals surface area (Å²) in [5.74, 6) is -1.05. The van der Waals surface area contributed by atoms with Crippen LogP contribution in [0.1, 0.15) is 75.4 Å². The van der Waals surface area contributed by atoms with E-state index in [0.717, 1.165) is 81.9 Å². The van der Waals surface area contributed by atoms with E-state index in [0.29, 0.717) is 5.69 Å². The van der Waals surface area contributed by atoms with Crippen molar-refractivity contribution in [1.82, 2.24) is 9.97 Å². The van der Waals surface area contributed by atoms with Gasteiger partial charge in [-0.25, -0.2) is 5.56 Å². The molecule has 240 valence electrons. The third-order valence-corrected chi connectivity index (χ3v) is 8.81. The maximum absolute atomic E-state index is 8.94. The maximum Gasteiger partial charge on any atom is 3.00 e. The summed E-state index contributed by atoms with van der Waals surface area (Å²) in [6.45, 7) is -0.490. The minimum Gasteiger partial charge on any atom is -0.510 e. The first kappa shape index (κ1) is 26.6. The largest absolute Gasteiger partial charge is 3.00 e. The zero-order valence-electron chi connectivity index (χ0n) is 32.7. The van der Waals surface area contributed by atoms with Gasteiger partial charge in [0.25, 0.3) is 0 Å². The third-order valence-electron chi connectivity index (χ3n) is 8.81. The molecule has 0 aliphatic heterocycles. The minimum absolute atomic E-state index is 0. The number of para-hydroxylation sites is 1. The molecule has 1 aliphatic rings. The zero-order chi connectivity index (χ0) is 37.2. The summed E-state index contributed by atoms with van der Waals surface area (Å²) in [5, 5.41) is 2.15. The fraction of sp³-hybridized carbons (Fsp3) is 0.227. The number of furan rings is 1. The summed E-state index contributed by atoms with van der Waals surface area (Å²) in [6.07, 6.45) is 7.79. The summed E-state index contributed by atoms with van der Waals surface area (Å²) < 4.78 is 55.9. The molecule has 3 nitrogen and oxygen atoms in total. The van der Waals surface area contributed by atoms with E-state index >= 15 is 0 Å². The topological polar surface area (TPSA) is 38.9 Å². The second-order valence-corrected chi connectivity index (χ2v) is 11.9. The molecule has 1 fully saturated rings. The van der Waals surface area contributed by atoms with Crippen molar-refractivity contribution in [2.45, 2.75) is 58.1 Å². The number of aryl methyl sites for hydroxylation is 1. The molecule has 0 amide bonds. The Kier molecular flexibility index (Phi) is 8.68. The number of rotatable bonds is 6. The van der Waals surface area contributed by atoms with Gasteiger partial charge in [0.1, 0.15) is 5.58 Å². The second-order valence-electron chi connectivity index (χ2n) is 11.9. The van der Waals surface area contributed by atoms with Crippen LogP contribution < -0.4 is 0 Å². The van der Waals surface area contributed by atoms with Gasteiger partial charge in [0.15, 0.2) is 0 Å². The number of hydrogen-bond donors (Lipinski definition) is 0. The molecule has 3 aromatic heterocycles. The molecular weight excluding hydrogens is 765 g/mol. The van der Waals surface area contributed by atoms with Crippen molar-refractivity contribution in [3.8, 4) is 22.4 Å². The number of nitrogens with zero attached hydrogens (tertiary/aromatic N) is 2. The van der Waals surface area contributed by atoms with E-state index < -0.39 is 19.1 Å². The van der Waals surface area contributed by atoms with Gasteiger partial charge < -0.3 is 9.40 Å². The monoisotopic (exact) mass is 810 g/mol. The van der Waals surface area contributed by atoms with E-state index in [4.69, 9.17) is 12.6 Å². The van der Waals surface area contributed by atoms with Crippen molar-refractivity contribution in [2.75, 3.05) is 0 Å². The van der Waals surface area contributed by atoms with Gasteiger partial charge in [-0.3, -0.25) is 4.98 Å². The first-order valence-electron chi connectivity index (χ1n) is 19.2. The van der Waals surface area contributed by atoms with Gasteiger partial charge in [0.05, 0.1) is 0 Å². The van der Waals surface area contributed by atoms with Crippen molar-refractivity contribution < 1.29 is 32.7 Å². The minimum atomic E-state index is -2.39. The molecule has 0 radical (unpaired) electrons. The van der Waals surface area contributed by atoms with Gasteiger partial charge in [-0.2, -0.15) is 35.9 Å². The van der Waals surface area contributed by atoms with Gasteiger partial charge in [-0.15, -0.1) is 53.6 Å². The van der Waals surface area contributed by atoms with Gasteiger partial charge in [0.2, 0.25) is 0 Å². The van der Waals surface area contributed by atoms with Crippen molar-refractivity contribution in [3.05, 3.63) is 156 Å². The van der Waals surface area contributed by atoms with Gasteiger partial charge in [0, 0.05) is 37.8 Å². The Morgan fingerprint density at radius 3 is 2.46 bits per heavy atom. The van der Waals surface area contributed by atoms with E-state index in [9.17, 15) is 0 Å². The fourth-order valence-electron chi connectivity index (χ4n) is 6.24. The molecular formula is C44H39IrN2O. The first-order chi connectivity index (χ1) is 25.4. The standard InChI is InChI=1S/C25H17NO.C19H22N.Ir/c1-17(18-12-14-26-15-13-18)19-6-4-7-20(16-19)21-9-5-10-23-22-8-2-3-11-24(22)27-25(21)23;1-15-14-20-19(17-10-6-3-7-11-17)13-18(15)12-16-8-4-2-5-9-16;/h2-6,8,10-17H,1H3;3,6-7,10,13-14,16H,2,4-5,8-9,12H2,1H3;/q-2;-1;+3/i17D;1D3,12D2;. The molecule has 1 aliphatic carbocycles. The van der Waals surface area contributed by atoms with Crippen LogP contribution in [-0.4, -0.2) is 9.97 Å². The van der Waals surface area contributed by atoms with E-state index in [2.05, 4.69) is 34.2 Å². The molecule has 0 N–H and O–H groups in total. The van der Waals surface area contributed by atoms with Crippen LogP contribution in [0.25, 0.3) is 44.3 Å². The summed E-state index contributed by atoms with van der Waals surface area (Å²) in [7, 11) is 0. The molecule has 4 heteroatoms. The van der Waals surface area contributed by atoms with Crippen LogP contribution in [0.4, 0.5) is 0 Å². The maximum atomic E-state index is 8.94. The molecule has 1 unspecified atom stereocenters. The number of aromatic nitrogens is 2. The Morgan fingerprint density at radius 1 is 0.854 bits per heavy atom. The Morgan fingerprint density at radius 2 is 1.65 bits per heavy atom. The van der Waals surface area contributed by atoms with Crippen LogP contribution in [0.15, 0.2) is 120 Å². The first-order valence-corrected chi connectivity index (χ1v) is 16.2. The quantitative estimate of drug-likeness (QED) is 0.157. The van der Waals surface area contributed by atoms with Crippen LogP contribution in [0.3, 0.4) is 0 Å². The Hall–Kier alpha value is -4.37. The number of hydrogen-bond acceptors (Lipinski definition) is 3. The third kappa shape index (κ3) is 7.51. The molecule has 1 saturated carbocycles. The van der Waals surface area contributed by atoms with Crippen molar-refractivity contribution >= 4 is 21.9 Å². The predicted octanol–water partition coefficient (Wildman–Crippen LogP) is 11.4. The molecule has 0 spiro atoms. The fourth-order valence-corrected chi connectivity index (χ4v) is 6.24. The smallest absolute Gasteiger partial charge is 0.510 e. The molecule has 0 saturated heterocycles. The van der Waals surface area contributed by atoms with Crippen molar-refractivity contribution in [1.29, 1.82) is 0 Å². The SMILES string of the molecule is [2H]C(C)(c1ccncc1)c1cc[c-]c(-c2[c-]ccc3c2oc2ccccc23)c1.[2H]C([2H])([2H])c1cnc(-c2[c-]cccc2)cc1C([2H])([2H])C1CCCCC1.[Ir+3]. The number of pyridine rings is 2. The normalized spacial score (nSPS) is 16.9. The van der Waals surface area contributed by atoms with Crippen LogP contribution in [0.2, 0.25) is 0 Å². The van der Waals surface area contributed by atoms with Crippen LogP contribution in [0, 0.1) is 31.0 Å². The summed E-state index contributed by atoms with van der Waals surface area (Å²) >= 11 is 0. The van der Waals surface area contributed by atoms with Crippen LogP contribution >= 0.6 is 0 Å². The van der Waals surface area contributed by atoms with Gasteiger partial charge in [-0.1, -0.05) is 74.2 Å². The summed E-state index contributed by atoms with van der Waals surface area (Å²) in [4.78, 5) is 8.34. The molecule has 4 aromatic carbocycles. The average Bonchev–Trinajstić information content (AvgIpc) is 3.58.